The van der Waals surface area contributed by atoms with Crippen molar-refractivity contribution in [2.75, 3.05) is 26.3 Å². The molecule has 0 spiro atoms. The molecule has 6 heteroatoms. The van der Waals surface area contributed by atoms with Gasteiger partial charge in [-0.1, -0.05) is 0 Å². The molecule has 0 atom stereocenters. The van der Waals surface area contributed by atoms with Gasteiger partial charge in [-0.05, 0) is 12.1 Å². The number of nitrogens with zero attached hydrogens (tertiary/aromatic N) is 2. The van der Waals surface area contributed by atoms with Gasteiger partial charge in [-0.25, -0.2) is 0 Å². The van der Waals surface area contributed by atoms with Crippen molar-refractivity contribution in [2.24, 2.45) is 0 Å². The maximum absolute atomic E-state index is 12.0. The van der Waals surface area contributed by atoms with Crippen LogP contribution in [0.2, 0.25) is 0 Å². The van der Waals surface area contributed by atoms with E-state index in [-0.39, 0.29) is 11.5 Å². The lowest BCUT2D eigenvalue weighted by Gasteiger charge is -2.26. The summed E-state index contributed by atoms with van der Waals surface area (Å²) in [5, 5.41) is 11.9. The standard InChI is InChI=1S/C13H15N3O3/c14-8-11(9-15-10-12-2-1-5-19-12)13(17)16-3-6-18-7-4-16/h1-2,5,9,15H,3-4,6-7,10H2/b11-9-. The molecule has 2 rings (SSSR count). The molecule has 6 nitrogen and oxygen atoms in total. The van der Waals surface area contributed by atoms with Gasteiger partial charge >= 0.3 is 0 Å². The van der Waals surface area contributed by atoms with Crippen LogP contribution in [0.4, 0.5) is 0 Å². The first-order valence-corrected chi connectivity index (χ1v) is 6.04. The van der Waals surface area contributed by atoms with Crippen LogP contribution in [0.1, 0.15) is 5.76 Å². The van der Waals surface area contributed by atoms with E-state index in [1.165, 1.54) is 6.20 Å². The van der Waals surface area contributed by atoms with Gasteiger partial charge in [0.05, 0.1) is 26.0 Å². The first-order chi connectivity index (χ1) is 9.31. The Morgan fingerprint density at radius 3 is 2.95 bits per heavy atom. The lowest BCUT2D eigenvalue weighted by Crippen LogP contribution is -2.41. The number of hydrogen-bond donors (Lipinski definition) is 1. The Labute approximate surface area is 111 Å². The average molecular weight is 261 g/mol. The molecule has 1 aliphatic heterocycles. The highest BCUT2D eigenvalue weighted by atomic mass is 16.5. The Bertz CT molecular complexity index is 482. The van der Waals surface area contributed by atoms with Crippen molar-refractivity contribution in [3.05, 3.63) is 35.9 Å². The molecule has 0 aliphatic carbocycles. The van der Waals surface area contributed by atoms with E-state index in [4.69, 9.17) is 14.4 Å². The van der Waals surface area contributed by atoms with E-state index in [9.17, 15) is 4.79 Å². The summed E-state index contributed by atoms with van der Waals surface area (Å²) in [6.45, 7) is 2.52. The van der Waals surface area contributed by atoms with Crippen LogP contribution in [0.25, 0.3) is 0 Å². The van der Waals surface area contributed by atoms with Crippen LogP contribution in [0, 0.1) is 11.3 Å². The van der Waals surface area contributed by atoms with E-state index in [0.29, 0.717) is 32.8 Å². The highest BCUT2D eigenvalue weighted by molar-refractivity contribution is 5.97. The molecule has 1 saturated heterocycles. The Kier molecular flexibility index (Phi) is 4.59. The highest BCUT2D eigenvalue weighted by Crippen LogP contribution is 2.05. The van der Waals surface area contributed by atoms with Gasteiger partial charge < -0.3 is 19.4 Å². The zero-order valence-corrected chi connectivity index (χ0v) is 10.5. The van der Waals surface area contributed by atoms with Gasteiger partial charge in [-0.3, -0.25) is 4.79 Å². The van der Waals surface area contributed by atoms with Crippen LogP contribution in [0.15, 0.2) is 34.6 Å². The van der Waals surface area contributed by atoms with Crippen LogP contribution in [-0.2, 0) is 16.1 Å². The second kappa shape index (κ2) is 6.61. The predicted octanol–water partition coefficient (Wildman–Crippen LogP) is 0.635. The van der Waals surface area contributed by atoms with Crippen LogP contribution in [0.3, 0.4) is 0 Å². The molecular weight excluding hydrogens is 246 g/mol. The Morgan fingerprint density at radius 1 is 1.53 bits per heavy atom. The number of nitrogens with one attached hydrogen (secondary N) is 1. The van der Waals surface area contributed by atoms with Crippen molar-refractivity contribution >= 4 is 5.91 Å². The average Bonchev–Trinajstić information content (AvgIpc) is 2.97. The summed E-state index contributed by atoms with van der Waals surface area (Å²) in [6, 6.07) is 5.51. The summed E-state index contributed by atoms with van der Waals surface area (Å²) < 4.78 is 10.3. The molecular formula is C13H15N3O3. The largest absolute Gasteiger partial charge is 0.467 e. The van der Waals surface area contributed by atoms with E-state index in [2.05, 4.69) is 5.32 Å². The SMILES string of the molecule is N#C/C(=C/NCc1ccco1)C(=O)N1CCOCC1. The molecule has 1 N–H and O–H groups in total. The summed E-state index contributed by atoms with van der Waals surface area (Å²) in [6.07, 6.45) is 3.01. The number of morpholine rings is 1. The highest BCUT2D eigenvalue weighted by Gasteiger charge is 2.20. The van der Waals surface area contributed by atoms with Crippen LogP contribution >= 0.6 is 0 Å². The lowest BCUT2D eigenvalue weighted by molar-refractivity contribution is -0.130. The monoisotopic (exact) mass is 261 g/mol. The first kappa shape index (κ1) is 13.2. The van der Waals surface area contributed by atoms with Crippen molar-refractivity contribution in [3.63, 3.8) is 0 Å². The number of rotatable bonds is 4. The van der Waals surface area contributed by atoms with Crippen molar-refractivity contribution in [1.82, 2.24) is 10.2 Å². The van der Waals surface area contributed by atoms with E-state index in [1.54, 1.807) is 17.2 Å². The number of furan rings is 1. The van der Waals surface area contributed by atoms with Gasteiger partial charge in [-0.2, -0.15) is 5.26 Å². The molecule has 0 aromatic carbocycles. The Hall–Kier alpha value is -2.26. The molecule has 0 unspecified atom stereocenters. The van der Waals surface area contributed by atoms with Gasteiger partial charge in [0.2, 0.25) is 0 Å². The van der Waals surface area contributed by atoms with Crippen LogP contribution in [0.5, 0.6) is 0 Å². The molecule has 0 saturated carbocycles. The topological polar surface area (TPSA) is 78.5 Å². The van der Waals surface area contributed by atoms with Crippen molar-refractivity contribution in [3.8, 4) is 6.07 Å². The molecule has 1 amide bonds. The molecule has 2 heterocycles. The molecule has 100 valence electrons. The Balaban J connectivity index is 1.91. The van der Waals surface area contributed by atoms with Gasteiger partial charge in [0, 0.05) is 19.3 Å². The van der Waals surface area contributed by atoms with Crippen molar-refractivity contribution in [1.29, 1.82) is 5.26 Å². The summed E-state index contributed by atoms with van der Waals surface area (Å²) in [5.74, 6) is 0.477. The fourth-order valence-corrected chi connectivity index (χ4v) is 1.75. The molecule has 0 radical (unpaired) electrons. The molecule has 1 aromatic rings. The van der Waals surface area contributed by atoms with E-state index in [0.717, 1.165) is 5.76 Å². The lowest BCUT2D eigenvalue weighted by atomic mass is 10.2. The van der Waals surface area contributed by atoms with E-state index < -0.39 is 0 Å². The molecule has 0 bridgehead atoms. The first-order valence-electron chi connectivity index (χ1n) is 6.04. The minimum atomic E-state index is -0.266. The third-order valence-electron chi connectivity index (χ3n) is 2.75. The van der Waals surface area contributed by atoms with E-state index in [1.807, 2.05) is 12.1 Å². The van der Waals surface area contributed by atoms with Crippen LogP contribution in [-0.4, -0.2) is 37.1 Å². The number of ether oxygens (including phenoxy) is 1. The summed E-state index contributed by atoms with van der Waals surface area (Å²) >= 11 is 0. The zero-order chi connectivity index (χ0) is 13.5. The second-order valence-corrected chi connectivity index (χ2v) is 4.03. The third-order valence-corrected chi connectivity index (χ3v) is 2.75. The summed E-state index contributed by atoms with van der Waals surface area (Å²) in [7, 11) is 0. The normalized spacial score (nSPS) is 15.9. The number of carbonyl (C=O) groups excluding carboxylic acids is 1. The van der Waals surface area contributed by atoms with Gasteiger partial charge in [0.15, 0.2) is 0 Å². The summed E-state index contributed by atoms with van der Waals surface area (Å²) in [4.78, 5) is 13.7. The predicted molar refractivity (Wildman–Crippen MR) is 66.6 cm³/mol. The Morgan fingerprint density at radius 2 is 2.32 bits per heavy atom. The smallest absolute Gasteiger partial charge is 0.266 e. The number of amides is 1. The summed E-state index contributed by atoms with van der Waals surface area (Å²) in [5.41, 5.74) is 0.0912. The quantitative estimate of drug-likeness (QED) is 0.635. The maximum Gasteiger partial charge on any atom is 0.266 e. The van der Waals surface area contributed by atoms with Crippen molar-refractivity contribution < 1.29 is 13.9 Å². The van der Waals surface area contributed by atoms with E-state index >= 15 is 0 Å². The number of hydrogen-bond acceptors (Lipinski definition) is 5. The fraction of sp³-hybridized carbons (Fsp3) is 0.385. The zero-order valence-electron chi connectivity index (χ0n) is 10.5. The van der Waals surface area contributed by atoms with Gasteiger partial charge in [-0.15, -0.1) is 0 Å². The number of nitriles is 1. The molecule has 1 aliphatic rings. The van der Waals surface area contributed by atoms with Gasteiger partial charge in [0.25, 0.3) is 5.91 Å². The molecule has 1 fully saturated rings. The number of carbonyl (C=O) groups is 1. The maximum atomic E-state index is 12.0. The van der Waals surface area contributed by atoms with Crippen molar-refractivity contribution in [2.45, 2.75) is 6.54 Å². The second-order valence-electron chi connectivity index (χ2n) is 4.03. The van der Waals surface area contributed by atoms with Crippen LogP contribution < -0.4 is 5.32 Å². The molecule has 1 aromatic heterocycles. The van der Waals surface area contributed by atoms with Gasteiger partial charge in [0.1, 0.15) is 17.4 Å². The minimum absolute atomic E-state index is 0.0912. The third kappa shape index (κ3) is 3.60. The molecule has 19 heavy (non-hydrogen) atoms. The fourth-order valence-electron chi connectivity index (χ4n) is 1.75. The minimum Gasteiger partial charge on any atom is -0.467 e.